The Morgan fingerprint density at radius 2 is 2.05 bits per heavy atom. The van der Waals surface area contributed by atoms with Crippen molar-refractivity contribution < 1.29 is 4.74 Å². The molecule has 0 spiro atoms. The van der Waals surface area contributed by atoms with Gasteiger partial charge in [0.2, 0.25) is 0 Å². The number of guanidine groups is 1. The smallest absolute Gasteiger partial charge is 0.191 e. The zero-order valence-corrected chi connectivity index (χ0v) is 13.6. The molecule has 0 heterocycles. The van der Waals surface area contributed by atoms with Crippen molar-refractivity contribution in [3.8, 4) is 0 Å². The number of aliphatic imine (C=N–C) groups is 1. The topological polar surface area (TPSA) is 45.7 Å². The van der Waals surface area contributed by atoms with Gasteiger partial charge < -0.3 is 15.4 Å². The number of hydrogen-bond acceptors (Lipinski definition) is 2. The summed E-state index contributed by atoms with van der Waals surface area (Å²) < 4.78 is 5.61. The van der Waals surface area contributed by atoms with E-state index in [2.05, 4.69) is 36.4 Å². The fourth-order valence-corrected chi connectivity index (χ4v) is 1.95. The van der Waals surface area contributed by atoms with Crippen LogP contribution in [0.3, 0.4) is 0 Å². The molecule has 0 unspecified atom stereocenters. The number of rotatable bonds is 11. The summed E-state index contributed by atoms with van der Waals surface area (Å²) in [6.07, 6.45) is 6.20. The van der Waals surface area contributed by atoms with Crippen LogP contribution in [0.1, 0.15) is 52.9 Å². The Morgan fingerprint density at radius 3 is 2.70 bits per heavy atom. The van der Waals surface area contributed by atoms with Crippen molar-refractivity contribution in [2.24, 2.45) is 16.8 Å². The molecular formula is C16H33N3O. The second kappa shape index (κ2) is 11.0. The van der Waals surface area contributed by atoms with Crippen molar-refractivity contribution in [2.75, 3.05) is 32.8 Å². The summed E-state index contributed by atoms with van der Waals surface area (Å²) in [5.74, 6) is 2.58. The van der Waals surface area contributed by atoms with Crippen molar-refractivity contribution in [3.63, 3.8) is 0 Å². The Morgan fingerprint density at radius 1 is 1.25 bits per heavy atom. The lowest BCUT2D eigenvalue weighted by molar-refractivity contribution is 0.123. The molecule has 20 heavy (non-hydrogen) atoms. The van der Waals surface area contributed by atoms with Crippen LogP contribution in [0.5, 0.6) is 0 Å². The molecule has 0 aromatic carbocycles. The van der Waals surface area contributed by atoms with Gasteiger partial charge in [-0.15, -0.1) is 0 Å². The maximum atomic E-state index is 5.61. The second-order valence-electron chi connectivity index (χ2n) is 6.10. The summed E-state index contributed by atoms with van der Waals surface area (Å²) in [6, 6.07) is 0. The van der Waals surface area contributed by atoms with Crippen LogP contribution in [0.15, 0.2) is 4.99 Å². The van der Waals surface area contributed by atoms with Crippen LogP contribution in [0.4, 0.5) is 0 Å². The van der Waals surface area contributed by atoms with Crippen molar-refractivity contribution in [1.29, 1.82) is 0 Å². The summed E-state index contributed by atoms with van der Waals surface area (Å²) in [4.78, 5) is 4.58. The number of hydrogen-bond donors (Lipinski definition) is 2. The van der Waals surface area contributed by atoms with Crippen LogP contribution in [-0.4, -0.2) is 38.8 Å². The molecule has 118 valence electrons. The van der Waals surface area contributed by atoms with E-state index in [1.165, 1.54) is 25.7 Å². The molecule has 1 saturated carbocycles. The molecule has 4 heteroatoms. The fraction of sp³-hybridized carbons (Fsp3) is 0.938. The maximum absolute atomic E-state index is 5.61. The van der Waals surface area contributed by atoms with Crippen molar-refractivity contribution in [2.45, 2.75) is 52.9 Å². The lowest BCUT2D eigenvalue weighted by Gasteiger charge is -2.12. The largest absolute Gasteiger partial charge is 0.381 e. The van der Waals surface area contributed by atoms with Gasteiger partial charge in [0.1, 0.15) is 0 Å². The van der Waals surface area contributed by atoms with Gasteiger partial charge >= 0.3 is 0 Å². The molecule has 0 bridgehead atoms. The van der Waals surface area contributed by atoms with Crippen LogP contribution in [0, 0.1) is 11.8 Å². The first-order chi connectivity index (χ1) is 9.72. The van der Waals surface area contributed by atoms with E-state index in [1.54, 1.807) is 0 Å². The minimum absolute atomic E-state index is 0.778. The Bertz CT molecular complexity index is 262. The third kappa shape index (κ3) is 10.1. The molecule has 1 fully saturated rings. The molecule has 0 aromatic rings. The first kappa shape index (κ1) is 17.3. The Balaban J connectivity index is 2.03. The third-order valence-corrected chi connectivity index (χ3v) is 3.36. The minimum Gasteiger partial charge on any atom is -0.381 e. The lowest BCUT2D eigenvalue weighted by atomic mass is 10.1. The molecule has 0 radical (unpaired) electrons. The second-order valence-corrected chi connectivity index (χ2v) is 6.10. The van der Waals surface area contributed by atoms with Crippen molar-refractivity contribution in [1.82, 2.24) is 10.6 Å². The van der Waals surface area contributed by atoms with Gasteiger partial charge in [-0.1, -0.05) is 13.8 Å². The van der Waals surface area contributed by atoms with Gasteiger partial charge in [-0.3, -0.25) is 4.99 Å². The molecular weight excluding hydrogens is 250 g/mol. The zero-order chi connectivity index (χ0) is 14.6. The first-order valence-corrected chi connectivity index (χ1v) is 8.32. The predicted molar refractivity (Wildman–Crippen MR) is 86.2 cm³/mol. The van der Waals surface area contributed by atoms with Gasteiger partial charge in [0, 0.05) is 32.8 Å². The summed E-state index contributed by atoms with van der Waals surface area (Å²) >= 11 is 0. The molecule has 1 rings (SSSR count). The standard InChI is InChI=1S/C16H33N3O/c1-4-17-16(18-10-5-7-14(2)3)19-11-6-12-20-13-15-8-9-15/h14-15H,4-13H2,1-3H3,(H2,17,18,19). The summed E-state index contributed by atoms with van der Waals surface area (Å²) in [5, 5.41) is 6.68. The SMILES string of the molecule is CCNC(=NCCCOCC1CC1)NCCCC(C)C. The maximum Gasteiger partial charge on any atom is 0.191 e. The van der Waals surface area contributed by atoms with Gasteiger partial charge in [0.25, 0.3) is 0 Å². The highest BCUT2D eigenvalue weighted by molar-refractivity contribution is 5.79. The van der Waals surface area contributed by atoms with E-state index in [-0.39, 0.29) is 0 Å². The van der Waals surface area contributed by atoms with E-state index in [4.69, 9.17) is 4.74 Å². The van der Waals surface area contributed by atoms with Crippen LogP contribution in [-0.2, 0) is 4.74 Å². The highest BCUT2D eigenvalue weighted by Crippen LogP contribution is 2.28. The van der Waals surface area contributed by atoms with Gasteiger partial charge in [0.05, 0.1) is 0 Å². The Labute approximate surface area is 124 Å². The minimum atomic E-state index is 0.778. The van der Waals surface area contributed by atoms with Gasteiger partial charge in [0.15, 0.2) is 5.96 Å². The van der Waals surface area contributed by atoms with E-state index in [9.17, 15) is 0 Å². The Kier molecular flexibility index (Phi) is 9.46. The first-order valence-electron chi connectivity index (χ1n) is 8.32. The number of ether oxygens (including phenoxy) is 1. The number of nitrogens with zero attached hydrogens (tertiary/aromatic N) is 1. The van der Waals surface area contributed by atoms with Crippen LogP contribution >= 0.6 is 0 Å². The predicted octanol–water partition coefficient (Wildman–Crippen LogP) is 2.79. The molecule has 1 aliphatic rings. The highest BCUT2D eigenvalue weighted by atomic mass is 16.5. The van der Waals surface area contributed by atoms with Crippen LogP contribution < -0.4 is 10.6 Å². The average Bonchev–Trinajstić information content (AvgIpc) is 3.22. The molecule has 2 N–H and O–H groups in total. The quantitative estimate of drug-likeness (QED) is 0.348. The fourth-order valence-electron chi connectivity index (χ4n) is 1.95. The van der Waals surface area contributed by atoms with Crippen molar-refractivity contribution in [3.05, 3.63) is 0 Å². The third-order valence-electron chi connectivity index (χ3n) is 3.36. The normalized spacial score (nSPS) is 15.7. The summed E-state index contributed by atoms with van der Waals surface area (Å²) in [6.45, 7) is 11.2. The van der Waals surface area contributed by atoms with E-state index in [1.807, 2.05) is 0 Å². The monoisotopic (exact) mass is 283 g/mol. The van der Waals surface area contributed by atoms with E-state index in [0.29, 0.717) is 0 Å². The van der Waals surface area contributed by atoms with E-state index >= 15 is 0 Å². The van der Waals surface area contributed by atoms with Gasteiger partial charge in [-0.25, -0.2) is 0 Å². The molecule has 0 aromatic heterocycles. The zero-order valence-electron chi connectivity index (χ0n) is 13.6. The van der Waals surface area contributed by atoms with E-state index in [0.717, 1.165) is 57.1 Å². The van der Waals surface area contributed by atoms with Gasteiger partial charge in [-0.05, 0) is 50.9 Å². The molecule has 0 atom stereocenters. The highest BCUT2D eigenvalue weighted by Gasteiger charge is 2.20. The van der Waals surface area contributed by atoms with Gasteiger partial charge in [-0.2, -0.15) is 0 Å². The van der Waals surface area contributed by atoms with E-state index < -0.39 is 0 Å². The van der Waals surface area contributed by atoms with Crippen molar-refractivity contribution >= 4 is 5.96 Å². The number of nitrogens with one attached hydrogen (secondary N) is 2. The molecule has 0 saturated heterocycles. The Hall–Kier alpha value is -0.770. The van der Waals surface area contributed by atoms with Crippen LogP contribution in [0.25, 0.3) is 0 Å². The lowest BCUT2D eigenvalue weighted by Crippen LogP contribution is -2.38. The van der Waals surface area contributed by atoms with Crippen LogP contribution in [0.2, 0.25) is 0 Å². The summed E-state index contributed by atoms with van der Waals surface area (Å²) in [5.41, 5.74) is 0. The molecule has 0 amide bonds. The molecule has 1 aliphatic carbocycles. The molecule has 4 nitrogen and oxygen atoms in total. The average molecular weight is 283 g/mol. The molecule has 0 aliphatic heterocycles. The summed E-state index contributed by atoms with van der Waals surface area (Å²) in [7, 11) is 0.